The summed E-state index contributed by atoms with van der Waals surface area (Å²) in [5.41, 5.74) is -1.62. The highest BCUT2D eigenvalue weighted by Gasteiger charge is 2.08. The van der Waals surface area contributed by atoms with Gasteiger partial charge in [-0.15, -0.1) is 10.2 Å². The molecule has 0 amide bonds. The molecule has 0 unspecified atom stereocenters. The van der Waals surface area contributed by atoms with Crippen LogP contribution in [-0.4, -0.2) is 21.0 Å². The third-order valence-electron chi connectivity index (χ3n) is 2.60. The van der Waals surface area contributed by atoms with Crippen LogP contribution < -0.4 is 16.4 Å². The maximum absolute atomic E-state index is 11.4. The van der Waals surface area contributed by atoms with E-state index in [1.54, 1.807) is 6.92 Å². The average Bonchev–Trinajstić information content (AvgIpc) is 2.39. The molecule has 0 spiro atoms. The summed E-state index contributed by atoms with van der Waals surface area (Å²) in [6, 6.07) is 4.05. The molecule has 0 saturated carbocycles. The molecule has 0 bridgehead atoms. The van der Waals surface area contributed by atoms with E-state index < -0.39 is 28.8 Å². The summed E-state index contributed by atoms with van der Waals surface area (Å²) >= 11 is 0. The first-order valence-electron chi connectivity index (χ1n) is 5.68. The highest BCUT2D eigenvalue weighted by atomic mass is 16.4. The molecule has 9 nitrogen and oxygen atoms in total. The van der Waals surface area contributed by atoms with Crippen LogP contribution in [0.5, 0.6) is 5.88 Å². The number of H-pyrrole nitrogens is 2. The molecule has 3 N–H and O–H groups in total. The van der Waals surface area contributed by atoms with Crippen LogP contribution in [0.25, 0.3) is 0 Å². The van der Waals surface area contributed by atoms with Crippen molar-refractivity contribution in [3.05, 3.63) is 50.2 Å². The van der Waals surface area contributed by atoms with E-state index in [4.69, 9.17) is 0 Å². The number of hydrogen-bond acceptors (Lipinski definition) is 7. The second kappa shape index (κ2) is 5.41. The van der Waals surface area contributed by atoms with Crippen molar-refractivity contribution in [2.45, 2.75) is 6.92 Å². The molecule has 1 aromatic carbocycles. The standard InChI is InChI=1S/C12H10N4O5/c1-5-2-3-6(11(19)20)4-7(5)15-16-8-9(17)13-12(21)14-10(8)18/h2-4H,1H3,(H,19,20)(H3,13,14,17,18,21)/p-1. The summed E-state index contributed by atoms with van der Waals surface area (Å²) in [5.74, 6) is -2.11. The van der Waals surface area contributed by atoms with Crippen LogP contribution in [0, 0.1) is 6.92 Å². The number of rotatable bonds is 3. The lowest BCUT2D eigenvalue weighted by Crippen LogP contribution is -2.22. The van der Waals surface area contributed by atoms with Crippen molar-refractivity contribution in [1.29, 1.82) is 0 Å². The summed E-state index contributed by atoms with van der Waals surface area (Å²) in [6.07, 6.45) is 0. The Kier molecular flexibility index (Phi) is 3.65. The fourth-order valence-corrected chi connectivity index (χ4v) is 1.51. The number of aromatic nitrogens is 2. The number of carboxylic acids is 1. The van der Waals surface area contributed by atoms with Gasteiger partial charge in [0.25, 0.3) is 5.56 Å². The first-order valence-corrected chi connectivity index (χ1v) is 5.68. The largest absolute Gasteiger partial charge is 0.545 e. The van der Waals surface area contributed by atoms with Gasteiger partial charge in [0.05, 0.1) is 11.7 Å². The molecule has 1 heterocycles. The summed E-state index contributed by atoms with van der Waals surface area (Å²) in [4.78, 5) is 36.9. The fourth-order valence-electron chi connectivity index (χ4n) is 1.51. The molecule has 2 rings (SSSR count). The second-order valence-corrected chi connectivity index (χ2v) is 4.09. The van der Waals surface area contributed by atoms with Crippen LogP contribution in [0.3, 0.4) is 0 Å². The molecule has 0 radical (unpaired) electrons. The van der Waals surface area contributed by atoms with Crippen LogP contribution in [0.15, 0.2) is 38.0 Å². The zero-order valence-electron chi connectivity index (χ0n) is 10.7. The summed E-state index contributed by atoms with van der Waals surface area (Å²) in [7, 11) is 0. The van der Waals surface area contributed by atoms with E-state index >= 15 is 0 Å². The Hall–Kier alpha value is -3.23. The van der Waals surface area contributed by atoms with Crippen LogP contribution in [-0.2, 0) is 0 Å². The maximum Gasteiger partial charge on any atom is 0.328 e. The molecule has 0 fully saturated rings. The zero-order valence-corrected chi connectivity index (χ0v) is 10.7. The van der Waals surface area contributed by atoms with Crippen LogP contribution in [0.1, 0.15) is 15.9 Å². The van der Waals surface area contributed by atoms with E-state index in [1.807, 2.05) is 9.97 Å². The smallest absolute Gasteiger partial charge is 0.328 e. The molecule has 108 valence electrons. The van der Waals surface area contributed by atoms with Gasteiger partial charge >= 0.3 is 5.69 Å². The topological polar surface area (TPSA) is 151 Å². The van der Waals surface area contributed by atoms with Gasteiger partial charge in [-0.25, -0.2) is 4.79 Å². The number of nitrogens with zero attached hydrogens (tertiary/aromatic N) is 2. The van der Waals surface area contributed by atoms with Gasteiger partial charge < -0.3 is 15.0 Å². The quantitative estimate of drug-likeness (QED) is 0.671. The SMILES string of the molecule is Cc1ccc(C(=O)[O-])cc1N=Nc1c(O)[nH]c(=O)[nH]c1=O. The maximum atomic E-state index is 11.4. The number of benzene rings is 1. The van der Waals surface area contributed by atoms with E-state index in [0.29, 0.717) is 5.56 Å². The third-order valence-corrected chi connectivity index (χ3v) is 2.60. The minimum absolute atomic E-state index is 0.103. The van der Waals surface area contributed by atoms with Crippen molar-refractivity contribution in [2.75, 3.05) is 0 Å². The fraction of sp³-hybridized carbons (Fsp3) is 0.0833. The van der Waals surface area contributed by atoms with E-state index in [2.05, 4.69) is 10.2 Å². The zero-order chi connectivity index (χ0) is 15.6. The van der Waals surface area contributed by atoms with Crippen LogP contribution >= 0.6 is 0 Å². The van der Waals surface area contributed by atoms with Crippen molar-refractivity contribution in [3.8, 4) is 5.88 Å². The number of aryl methyl sites for hydroxylation is 1. The number of aromatic amines is 2. The van der Waals surface area contributed by atoms with Crippen molar-refractivity contribution >= 4 is 17.3 Å². The number of carbonyl (C=O) groups excluding carboxylic acids is 1. The highest BCUT2D eigenvalue weighted by Crippen LogP contribution is 2.24. The molecule has 21 heavy (non-hydrogen) atoms. The molecule has 0 atom stereocenters. The van der Waals surface area contributed by atoms with E-state index in [0.717, 1.165) is 0 Å². The van der Waals surface area contributed by atoms with Crippen LogP contribution in [0.2, 0.25) is 0 Å². The lowest BCUT2D eigenvalue weighted by atomic mass is 10.1. The first kappa shape index (κ1) is 14.2. The Bertz CT molecular complexity index is 849. The van der Waals surface area contributed by atoms with Gasteiger partial charge in [-0.1, -0.05) is 12.1 Å². The predicted molar refractivity (Wildman–Crippen MR) is 69.0 cm³/mol. The molecule has 9 heteroatoms. The Morgan fingerprint density at radius 3 is 2.57 bits per heavy atom. The third kappa shape index (κ3) is 3.03. The lowest BCUT2D eigenvalue weighted by Gasteiger charge is -2.05. The monoisotopic (exact) mass is 289 g/mol. The van der Waals surface area contributed by atoms with Gasteiger partial charge in [0.2, 0.25) is 11.6 Å². The highest BCUT2D eigenvalue weighted by molar-refractivity contribution is 5.87. The molecule has 0 aliphatic carbocycles. The van der Waals surface area contributed by atoms with E-state index in [1.165, 1.54) is 18.2 Å². The van der Waals surface area contributed by atoms with E-state index in [9.17, 15) is 24.6 Å². The van der Waals surface area contributed by atoms with Crippen molar-refractivity contribution in [3.63, 3.8) is 0 Å². The minimum Gasteiger partial charge on any atom is -0.545 e. The van der Waals surface area contributed by atoms with Gasteiger partial charge in [-0.3, -0.25) is 14.8 Å². The molecule has 0 aliphatic heterocycles. The Morgan fingerprint density at radius 1 is 1.24 bits per heavy atom. The lowest BCUT2D eigenvalue weighted by molar-refractivity contribution is -0.255. The number of carboxylic acid groups (broad SMARTS) is 1. The molecular weight excluding hydrogens is 280 g/mol. The molecule has 2 aromatic rings. The van der Waals surface area contributed by atoms with E-state index in [-0.39, 0.29) is 11.3 Å². The normalized spacial score (nSPS) is 10.9. The summed E-state index contributed by atoms with van der Waals surface area (Å²) in [6.45, 7) is 1.66. The molecule has 1 aromatic heterocycles. The number of carbonyl (C=O) groups is 1. The summed E-state index contributed by atoms with van der Waals surface area (Å²) < 4.78 is 0. The average molecular weight is 289 g/mol. The molecule has 0 aliphatic rings. The Balaban J connectivity index is 2.47. The Labute approximate surface area is 116 Å². The second-order valence-electron chi connectivity index (χ2n) is 4.09. The molecular formula is C12H9N4O5-. The number of aromatic hydroxyl groups is 1. The number of nitrogens with one attached hydrogen (secondary N) is 2. The van der Waals surface area contributed by atoms with Crippen molar-refractivity contribution in [1.82, 2.24) is 9.97 Å². The van der Waals surface area contributed by atoms with Gasteiger partial charge in [-0.05, 0) is 24.1 Å². The van der Waals surface area contributed by atoms with Crippen molar-refractivity contribution in [2.24, 2.45) is 10.2 Å². The van der Waals surface area contributed by atoms with Crippen molar-refractivity contribution < 1.29 is 15.0 Å². The first-order chi connectivity index (χ1) is 9.88. The minimum atomic E-state index is -1.38. The van der Waals surface area contributed by atoms with Gasteiger partial charge in [0, 0.05) is 0 Å². The van der Waals surface area contributed by atoms with Gasteiger partial charge in [0.1, 0.15) is 0 Å². The predicted octanol–water partition coefficient (Wildman–Crippen LogP) is -0.144. The van der Waals surface area contributed by atoms with Gasteiger partial charge in [-0.2, -0.15) is 0 Å². The molecule has 0 saturated heterocycles. The van der Waals surface area contributed by atoms with Crippen LogP contribution in [0.4, 0.5) is 11.4 Å². The van der Waals surface area contributed by atoms with Gasteiger partial charge in [0.15, 0.2) is 0 Å². The number of azo groups is 1. The number of hydrogen-bond donors (Lipinski definition) is 3. The summed E-state index contributed by atoms with van der Waals surface area (Å²) in [5, 5.41) is 27.4. The Morgan fingerprint density at radius 2 is 1.95 bits per heavy atom. The number of aromatic carboxylic acids is 1.